The molecule has 0 saturated heterocycles. The Labute approximate surface area is 220 Å². The molecule has 0 aliphatic carbocycles. The number of hydrogen-bond donors (Lipinski definition) is 1. The van der Waals surface area contributed by atoms with Crippen molar-refractivity contribution in [2.45, 2.75) is 0 Å². The summed E-state index contributed by atoms with van der Waals surface area (Å²) in [4.78, 5) is 0. The van der Waals surface area contributed by atoms with Crippen molar-refractivity contribution in [2.75, 3.05) is 5.32 Å². The van der Waals surface area contributed by atoms with Gasteiger partial charge in [0.05, 0.1) is 0 Å². The molecule has 0 atom stereocenters. The predicted octanol–water partition coefficient (Wildman–Crippen LogP) is 10.00. The first-order valence-electron chi connectivity index (χ1n) is 12.5. The first kappa shape index (κ1) is 25.2. The predicted molar refractivity (Wildman–Crippen MR) is 163 cm³/mol. The molecule has 0 spiro atoms. The Bertz CT molecular complexity index is 1270. The molecule has 0 heterocycles. The minimum atomic E-state index is 1.06. The van der Waals surface area contributed by atoms with Crippen molar-refractivity contribution in [3.63, 3.8) is 0 Å². The topological polar surface area (TPSA) is 12.0 Å². The highest BCUT2D eigenvalue weighted by atomic mass is 14.9. The van der Waals surface area contributed by atoms with Crippen molar-refractivity contribution >= 4 is 35.7 Å². The van der Waals surface area contributed by atoms with Gasteiger partial charge in [0.15, 0.2) is 0 Å². The molecule has 0 bridgehead atoms. The van der Waals surface area contributed by atoms with Crippen LogP contribution in [-0.2, 0) is 0 Å². The van der Waals surface area contributed by atoms with Crippen LogP contribution in [0.5, 0.6) is 0 Å². The Hall–Kier alpha value is -4.88. The van der Waals surface area contributed by atoms with Crippen molar-refractivity contribution in [3.05, 3.63) is 180 Å². The molecule has 0 unspecified atom stereocenters. The maximum Gasteiger partial charge on any atom is 0.0384 e. The van der Waals surface area contributed by atoms with E-state index in [0.29, 0.717) is 0 Å². The van der Waals surface area contributed by atoms with E-state index in [9.17, 15) is 0 Å². The van der Waals surface area contributed by atoms with Crippen LogP contribution in [0, 0.1) is 0 Å². The molecule has 0 radical (unpaired) electrons. The number of hydrogen-bond acceptors (Lipinski definition) is 1. The third-order valence-corrected chi connectivity index (χ3v) is 5.53. The number of anilines is 2. The van der Waals surface area contributed by atoms with E-state index >= 15 is 0 Å². The van der Waals surface area contributed by atoms with Crippen molar-refractivity contribution in [1.82, 2.24) is 0 Å². The molecule has 4 aromatic rings. The second-order valence-corrected chi connectivity index (χ2v) is 8.40. The van der Waals surface area contributed by atoms with Gasteiger partial charge in [0, 0.05) is 11.4 Å². The summed E-state index contributed by atoms with van der Waals surface area (Å²) in [7, 11) is 0. The summed E-state index contributed by atoms with van der Waals surface area (Å²) >= 11 is 0. The normalized spacial score (nSPS) is 12.2. The van der Waals surface area contributed by atoms with E-state index < -0.39 is 0 Å². The molecule has 0 aromatic heterocycles. The number of allylic oxidation sites excluding steroid dienone is 8. The van der Waals surface area contributed by atoms with Crippen LogP contribution in [0.15, 0.2) is 158 Å². The molecule has 1 heteroatoms. The van der Waals surface area contributed by atoms with Gasteiger partial charge >= 0.3 is 0 Å². The summed E-state index contributed by atoms with van der Waals surface area (Å²) in [6, 6.07) is 37.4. The molecule has 4 rings (SSSR count). The van der Waals surface area contributed by atoms with Gasteiger partial charge in [-0.2, -0.15) is 0 Å². The second kappa shape index (κ2) is 14.5. The lowest BCUT2D eigenvalue weighted by atomic mass is 10.1. The number of rotatable bonds is 10. The first-order chi connectivity index (χ1) is 18.3. The van der Waals surface area contributed by atoms with Crippen LogP contribution in [0.1, 0.15) is 22.3 Å². The fourth-order valence-electron chi connectivity index (χ4n) is 3.57. The second-order valence-electron chi connectivity index (χ2n) is 8.40. The van der Waals surface area contributed by atoms with E-state index in [-0.39, 0.29) is 0 Å². The van der Waals surface area contributed by atoms with Gasteiger partial charge in [-0.15, -0.1) is 0 Å². The van der Waals surface area contributed by atoms with Gasteiger partial charge in [-0.05, 0) is 46.5 Å². The van der Waals surface area contributed by atoms with E-state index in [0.717, 1.165) is 22.5 Å². The van der Waals surface area contributed by atoms with Crippen LogP contribution < -0.4 is 5.32 Å². The molecule has 180 valence electrons. The van der Waals surface area contributed by atoms with Gasteiger partial charge in [0.1, 0.15) is 0 Å². The average molecular weight is 478 g/mol. The summed E-state index contributed by atoms with van der Waals surface area (Å²) in [5, 5.41) is 3.46. The molecule has 1 N–H and O–H groups in total. The minimum Gasteiger partial charge on any atom is -0.356 e. The molecular weight excluding hydrogens is 446 g/mol. The van der Waals surface area contributed by atoms with Crippen LogP contribution in [0.25, 0.3) is 24.3 Å². The van der Waals surface area contributed by atoms with Crippen molar-refractivity contribution < 1.29 is 0 Å². The minimum absolute atomic E-state index is 1.06. The highest BCUT2D eigenvalue weighted by Gasteiger charge is 1.95. The van der Waals surface area contributed by atoms with Crippen LogP contribution in [0.3, 0.4) is 0 Å². The zero-order chi connectivity index (χ0) is 25.4. The van der Waals surface area contributed by atoms with Gasteiger partial charge in [-0.1, -0.05) is 158 Å². The Balaban J connectivity index is 1.22. The lowest BCUT2D eigenvalue weighted by molar-refractivity contribution is 1.53. The Morgan fingerprint density at radius 1 is 0.297 bits per heavy atom. The van der Waals surface area contributed by atoms with Crippen LogP contribution >= 0.6 is 0 Å². The highest BCUT2D eigenvalue weighted by molar-refractivity contribution is 5.64. The largest absolute Gasteiger partial charge is 0.356 e. The van der Waals surface area contributed by atoms with Crippen LogP contribution in [-0.4, -0.2) is 0 Å². The standard InChI is InChI=1S/C36H31N/c1(7-15-31-17-11-5-12-18-31)3-9-21-33-23-27-35(28-24-33)37-36-29-25-34(26-30-36)22-10-4-2-8-16-32-19-13-6-14-20-32/h1-30,37H/b3-1+,4-2+,15-7+,16-8+,21-9+,22-10+. The zero-order valence-corrected chi connectivity index (χ0v) is 20.8. The summed E-state index contributed by atoms with van der Waals surface area (Å²) in [6.07, 6.45) is 24.8. The van der Waals surface area contributed by atoms with E-state index in [1.54, 1.807) is 0 Å². The molecule has 4 aromatic carbocycles. The van der Waals surface area contributed by atoms with Gasteiger partial charge in [-0.25, -0.2) is 0 Å². The Kier molecular flexibility index (Phi) is 9.89. The van der Waals surface area contributed by atoms with Crippen molar-refractivity contribution in [1.29, 1.82) is 0 Å². The number of benzene rings is 4. The molecule has 0 aliphatic rings. The molecule has 0 fully saturated rings. The fraction of sp³-hybridized carbons (Fsp3) is 0. The van der Waals surface area contributed by atoms with Crippen molar-refractivity contribution in [3.8, 4) is 0 Å². The highest BCUT2D eigenvalue weighted by Crippen LogP contribution is 2.19. The van der Waals surface area contributed by atoms with Gasteiger partial charge in [-0.3, -0.25) is 0 Å². The lowest BCUT2D eigenvalue weighted by Crippen LogP contribution is -1.89. The molecule has 0 aliphatic heterocycles. The Morgan fingerprint density at radius 2 is 0.595 bits per heavy atom. The smallest absolute Gasteiger partial charge is 0.0384 e. The quantitative estimate of drug-likeness (QED) is 0.224. The van der Waals surface area contributed by atoms with Crippen LogP contribution in [0.2, 0.25) is 0 Å². The summed E-state index contributed by atoms with van der Waals surface area (Å²) in [5.41, 5.74) is 6.85. The van der Waals surface area contributed by atoms with E-state index in [1.165, 1.54) is 11.1 Å². The fourth-order valence-corrected chi connectivity index (χ4v) is 3.57. The summed E-state index contributed by atoms with van der Waals surface area (Å²) in [5.74, 6) is 0. The first-order valence-corrected chi connectivity index (χ1v) is 12.5. The van der Waals surface area contributed by atoms with Crippen LogP contribution in [0.4, 0.5) is 11.4 Å². The summed E-state index contributed by atoms with van der Waals surface area (Å²) in [6.45, 7) is 0. The van der Waals surface area contributed by atoms with E-state index in [4.69, 9.17) is 0 Å². The number of nitrogens with one attached hydrogen (secondary N) is 1. The molecule has 0 amide bonds. The van der Waals surface area contributed by atoms with Crippen molar-refractivity contribution in [2.24, 2.45) is 0 Å². The van der Waals surface area contributed by atoms with E-state index in [2.05, 4.69) is 127 Å². The third kappa shape index (κ3) is 9.35. The molecule has 37 heavy (non-hydrogen) atoms. The monoisotopic (exact) mass is 477 g/mol. The van der Waals surface area contributed by atoms with E-state index in [1.807, 2.05) is 60.7 Å². The Morgan fingerprint density at radius 3 is 0.919 bits per heavy atom. The maximum absolute atomic E-state index is 3.46. The maximum atomic E-state index is 3.46. The van der Waals surface area contributed by atoms with Gasteiger partial charge in [0.25, 0.3) is 0 Å². The molecular formula is C36H31N. The third-order valence-electron chi connectivity index (χ3n) is 5.53. The van der Waals surface area contributed by atoms with Gasteiger partial charge in [0.2, 0.25) is 0 Å². The average Bonchev–Trinajstić information content (AvgIpc) is 2.95. The van der Waals surface area contributed by atoms with Gasteiger partial charge < -0.3 is 5.32 Å². The summed E-state index contributed by atoms with van der Waals surface area (Å²) < 4.78 is 0. The molecule has 1 nitrogen and oxygen atoms in total. The SMILES string of the molecule is C(=C\C=C\c1ccc(Nc2ccc(/C=C/C=C/C=C/c3ccccc3)cc2)cc1)/C=C/c1ccccc1. The molecule has 0 saturated carbocycles. The lowest BCUT2D eigenvalue weighted by Gasteiger charge is -2.07. The zero-order valence-electron chi connectivity index (χ0n) is 20.8.